The number of halogens is 3. The molecule has 1 aromatic heterocycles. The molecule has 1 amide bonds. The molecular weight excluding hydrogens is 621 g/mol. The van der Waals surface area contributed by atoms with Gasteiger partial charge in [-0.25, -0.2) is 18.0 Å². The van der Waals surface area contributed by atoms with Crippen molar-refractivity contribution < 1.29 is 50.6 Å². The molecule has 3 aliphatic rings. The van der Waals surface area contributed by atoms with Gasteiger partial charge in [0.25, 0.3) is 10.0 Å². The maximum atomic E-state index is 13.4. The number of aromatic nitrogens is 1. The van der Waals surface area contributed by atoms with Gasteiger partial charge in [-0.3, -0.25) is 4.79 Å². The van der Waals surface area contributed by atoms with Gasteiger partial charge >= 0.3 is 18.1 Å². The number of carboxylic acids is 1. The summed E-state index contributed by atoms with van der Waals surface area (Å²) in [5.41, 5.74) is 1.29. The highest BCUT2D eigenvalue weighted by atomic mass is 32.2. The predicted octanol–water partition coefficient (Wildman–Crippen LogP) is 2.28. The van der Waals surface area contributed by atoms with Gasteiger partial charge in [-0.05, 0) is 42.4 Å². The van der Waals surface area contributed by atoms with E-state index in [4.69, 9.17) is 19.4 Å². The van der Waals surface area contributed by atoms with Crippen LogP contribution < -0.4 is 5.32 Å². The number of aliphatic carboxylic acids is 1. The van der Waals surface area contributed by atoms with Gasteiger partial charge in [-0.15, -0.1) is 0 Å². The standard InChI is InChI=1S/C27H36N4O6S.C2HF3O2/c1-29-24(27(33)36-2)8-9-25(29)38(34,35)31-16-21-14-30(15-22(21)17-31)12-10-23(19-6-4-3-5-7-19)28-26(32)20-11-13-37-18-20;3-2(4,5)1(6)7/h3-9,20-23H,10-18H2,1-2H3,(H,28,32);(H,6,7)/t20?,21?,22?,23-;/m0./s1. The molecule has 3 fully saturated rings. The van der Waals surface area contributed by atoms with E-state index in [2.05, 4.69) is 10.2 Å². The summed E-state index contributed by atoms with van der Waals surface area (Å²) in [5.74, 6) is -2.85. The van der Waals surface area contributed by atoms with Gasteiger partial charge in [0.15, 0.2) is 5.03 Å². The fraction of sp³-hybridized carbons (Fsp3) is 0.552. The van der Waals surface area contributed by atoms with Crippen molar-refractivity contribution in [2.45, 2.75) is 30.1 Å². The summed E-state index contributed by atoms with van der Waals surface area (Å²) in [5, 5.41) is 10.5. The van der Waals surface area contributed by atoms with Gasteiger partial charge in [0, 0.05) is 46.4 Å². The number of nitrogens with one attached hydrogen (secondary N) is 1. The molecule has 45 heavy (non-hydrogen) atoms. The third-order valence-electron chi connectivity index (χ3n) is 8.40. The highest BCUT2D eigenvalue weighted by molar-refractivity contribution is 7.89. The van der Waals surface area contributed by atoms with E-state index < -0.39 is 28.1 Å². The number of benzene rings is 1. The van der Waals surface area contributed by atoms with Crippen molar-refractivity contribution >= 4 is 27.9 Å². The van der Waals surface area contributed by atoms with E-state index in [-0.39, 0.29) is 40.4 Å². The van der Waals surface area contributed by atoms with Crippen LogP contribution in [-0.2, 0) is 36.1 Å². The van der Waals surface area contributed by atoms with E-state index in [0.29, 0.717) is 26.3 Å². The number of carbonyl (C=O) groups excluding carboxylic acids is 2. The van der Waals surface area contributed by atoms with E-state index >= 15 is 0 Å². The molecule has 0 radical (unpaired) electrons. The van der Waals surface area contributed by atoms with Crippen molar-refractivity contribution in [2.75, 3.05) is 53.0 Å². The number of fused-ring (bicyclic) bond motifs is 1. The number of hydrogen-bond donors (Lipinski definition) is 2. The largest absolute Gasteiger partial charge is 0.490 e. The maximum absolute atomic E-state index is 13.4. The first-order chi connectivity index (χ1) is 21.2. The molecule has 3 aliphatic heterocycles. The van der Waals surface area contributed by atoms with E-state index in [1.54, 1.807) is 11.4 Å². The van der Waals surface area contributed by atoms with E-state index in [1.165, 1.54) is 23.8 Å². The molecule has 0 aliphatic carbocycles. The highest BCUT2D eigenvalue weighted by Gasteiger charge is 2.45. The summed E-state index contributed by atoms with van der Waals surface area (Å²) in [6, 6.07) is 12.9. The zero-order valence-corrected chi connectivity index (χ0v) is 25.7. The summed E-state index contributed by atoms with van der Waals surface area (Å²) >= 11 is 0. The Bertz CT molecular complexity index is 1450. The third-order valence-corrected chi connectivity index (χ3v) is 10.3. The number of nitrogens with zero attached hydrogens (tertiary/aromatic N) is 3. The molecule has 12 nitrogen and oxygen atoms in total. The van der Waals surface area contributed by atoms with Gasteiger partial charge in [0.2, 0.25) is 5.91 Å². The number of amides is 1. The molecule has 16 heteroatoms. The third kappa shape index (κ3) is 8.23. The molecule has 2 N–H and O–H groups in total. The van der Waals surface area contributed by atoms with Crippen LogP contribution in [-0.4, -0.2) is 104 Å². The van der Waals surface area contributed by atoms with Crippen LogP contribution >= 0.6 is 0 Å². The molecule has 4 atom stereocenters. The van der Waals surface area contributed by atoms with Crippen LogP contribution in [0.3, 0.4) is 0 Å². The lowest BCUT2D eigenvalue weighted by molar-refractivity contribution is -0.192. The topological polar surface area (TPSA) is 147 Å². The van der Waals surface area contributed by atoms with E-state index in [0.717, 1.165) is 38.0 Å². The number of esters is 1. The van der Waals surface area contributed by atoms with Gasteiger partial charge in [-0.1, -0.05) is 30.3 Å². The molecule has 0 bridgehead atoms. The molecule has 3 unspecified atom stereocenters. The molecule has 4 heterocycles. The zero-order valence-electron chi connectivity index (χ0n) is 24.9. The van der Waals surface area contributed by atoms with Crippen LogP contribution in [0.5, 0.6) is 0 Å². The number of rotatable bonds is 9. The van der Waals surface area contributed by atoms with E-state index in [9.17, 15) is 31.2 Å². The van der Waals surface area contributed by atoms with Crippen molar-refractivity contribution in [1.29, 1.82) is 0 Å². The van der Waals surface area contributed by atoms with Crippen molar-refractivity contribution in [3.05, 3.63) is 53.7 Å². The molecule has 0 saturated carbocycles. The van der Waals surface area contributed by atoms with Crippen LogP contribution in [0.4, 0.5) is 13.2 Å². The van der Waals surface area contributed by atoms with Gasteiger partial charge in [0.1, 0.15) is 5.69 Å². The first-order valence-electron chi connectivity index (χ1n) is 14.4. The van der Waals surface area contributed by atoms with Crippen LogP contribution in [0.2, 0.25) is 0 Å². The monoisotopic (exact) mass is 658 g/mol. The summed E-state index contributed by atoms with van der Waals surface area (Å²) < 4.78 is 71.6. The SMILES string of the molecule is COC(=O)c1ccc(S(=O)(=O)N2CC3CN(CC[C@H](NC(=O)C4CCOC4)c4ccccc4)CC3C2)n1C.O=C(O)C(F)(F)F. The second kappa shape index (κ2) is 14.3. The lowest BCUT2D eigenvalue weighted by Gasteiger charge is -2.25. The van der Waals surface area contributed by atoms with Crippen LogP contribution in [0.15, 0.2) is 47.5 Å². The first kappa shape index (κ1) is 34.4. The van der Waals surface area contributed by atoms with Crippen LogP contribution in [0.1, 0.15) is 34.9 Å². The molecule has 0 spiro atoms. The average molecular weight is 659 g/mol. The van der Waals surface area contributed by atoms with Crippen LogP contribution in [0, 0.1) is 17.8 Å². The molecular formula is C29H37F3N4O8S. The number of sulfonamides is 1. The molecule has 1 aromatic carbocycles. The van der Waals surface area contributed by atoms with Crippen molar-refractivity contribution in [2.24, 2.45) is 24.8 Å². The summed E-state index contributed by atoms with van der Waals surface area (Å²) in [7, 11) is -0.877. The Morgan fingerprint density at radius 2 is 1.69 bits per heavy atom. The normalized spacial score (nSPS) is 22.7. The first-order valence-corrected chi connectivity index (χ1v) is 15.9. The number of likely N-dealkylation sites (tertiary alicyclic amines) is 1. The number of ether oxygens (including phenoxy) is 2. The minimum atomic E-state index is -5.08. The fourth-order valence-electron chi connectivity index (χ4n) is 5.97. The van der Waals surface area contributed by atoms with Crippen LogP contribution in [0.25, 0.3) is 0 Å². The quantitative estimate of drug-likeness (QED) is 0.388. The van der Waals surface area contributed by atoms with Crippen molar-refractivity contribution in [3.63, 3.8) is 0 Å². The lowest BCUT2D eigenvalue weighted by atomic mass is 10.0. The Morgan fingerprint density at radius 3 is 2.22 bits per heavy atom. The number of carboxylic acid groups (broad SMARTS) is 1. The minimum absolute atomic E-state index is 0.0477. The lowest BCUT2D eigenvalue weighted by Crippen LogP contribution is -2.37. The number of carbonyl (C=O) groups is 3. The molecule has 248 valence electrons. The number of hydrogen-bond acceptors (Lipinski definition) is 8. The van der Waals surface area contributed by atoms with Gasteiger partial charge < -0.3 is 29.4 Å². The minimum Gasteiger partial charge on any atom is -0.475 e. The fourth-order valence-corrected chi connectivity index (χ4v) is 7.69. The van der Waals surface area contributed by atoms with E-state index in [1.807, 2.05) is 30.3 Å². The Balaban J connectivity index is 0.000000591. The second-order valence-corrected chi connectivity index (χ2v) is 13.2. The zero-order chi connectivity index (χ0) is 32.9. The maximum Gasteiger partial charge on any atom is 0.490 e. The van der Waals surface area contributed by atoms with Crippen molar-refractivity contribution in [1.82, 2.24) is 19.1 Å². The smallest absolute Gasteiger partial charge is 0.475 e. The average Bonchev–Trinajstić information content (AvgIpc) is 3.79. The predicted molar refractivity (Wildman–Crippen MR) is 153 cm³/mol. The number of alkyl halides is 3. The highest BCUT2D eigenvalue weighted by Crippen LogP contribution is 2.35. The van der Waals surface area contributed by atoms with Gasteiger partial charge in [0.05, 0.1) is 25.7 Å². The van der Waals surface area contributed by atoms with Gasteiger partial charge in [-0.2, -0.15) is 17.5 Å². The Hall–Kier alpha value is -3.47. The summed E-state index contributed by atoms with van der Waals surface area (Å²) in [6.07, 6.45) is -3.54. The summed E-state index contributed by atoms with van der Waals surface area (Å²) in [6.45, 7) is 4.50. The number of methoxy groups -OCH3 is 1. The molecule has 3 saturated heterocycles. The summed E-state index contributed by atoms with van der Waals surface area (Å²) in [4.78, 5) is 36.0. The molecule has 5 rings (SSSR count). The van der Waals surface area contributed by atoms with Crippen molar-refractivity contribution in [3.8, 4) is 0 Å². The Labute approximate surface area is 259 Å². The Kier molecular flexibility index (Phi) is 10.9. The Morgan fingerprint density at radius 1 is 1.07 bits per heavy atom. The molecule has 2 aromatic rings. The second-order valence-electron chi connectivity index (χ2n) is 11.3.